The fourth-order valence-corrected chi connectivity index (χ4v) is 3.26. The molecule has 0 fully saturated rings. The van der Waals surface area contributed by atoms with Crippen LogP contribution in [0.3, 0.4) is 0 Å². The summed E-state index contributed by atoms with van der Waals surface area (Å²) in [7, 11) is 1.32. The number of aromatic carboxylic acids is 1. The maximum Gasteiger partial charge on any atom is 0.339 e. The standard InChI is InChI=1S/C22H21N5O6/c1-11(28)15-7-4-13(10-24-15)5-8-16-18-17(9-6-14(22(31)32)19(18)33-3)27(26-16)21(20(23)30)25-12(2)29/h4-10,21H,1-3H3,(H2,23,30)(H,25,29)(H,31,32). The Hall–Kier alpha value is -4.54. The van der Waals surface area contributed by atoms with Gasteiger partial charge in [0.25, 0.3) is 5.91 Å². The third-order valence-electron chi connectivity index (χ3n) is 4.72. The molecule has 1 atom stereocenters. The second-order valence-electron chi connectivity index (χ2n) is 7.05. The molecule has 0 aliphatic carbocycles. The van der Waals surface area contributed by atoms with Crippen molar-refractivity contribution < 1.29 is 29.0 Å². The largest absolute Gasteiger partial charge is 0.495 e. The lowest BCUT2D eigenvalue weighted by Gasteiger charge is -2.16. The molecule has 11 heteroatoms. The number of nitrogens with one attached hydrogen (secondary N) is 1. The minimum Gasteiger partial charge on any atom is -0.495 e. The molecule has 0 aliphatic rings. The van der Waals surface area contributed by atoms with E-state index in [0.29, 0.717) is 22.2 Å². The summed E-state index contributed by atoms with van der Waals surface area (Å²) in [6.45, 7) is 2.64. The highest BCUT2D eigenvalue weighted by Gasteiger charge is 2.26. The summed E-state index contributed by atoms with van der Waals surface area (Å²) in [5.74, 6) is -2.73. The highest BCUT2D eigenvalue weighted by Crippen LogP contribution is 2.34. The van der Waals surface area contributed by atoms with Gasteiger partial charge < -0.3 is 20.9 Å². The maximum absolute atomic E-state index is 12.1. The van der Waals surface area contributed by atoms with Crippen LogP contribution < -0.4 is 15.8 Å². The van der Waals surface area contributed by atoms with Gasteiger partial charge in [0.05, 0.1) is 23.7 Å². The number of rotatable bonds is 8. The van der Waals surface area contributed by atoms with Crippen molar-refractivity contribution in [2.75, 3.05) is 7.11 Å². The minimum atomic E-state index is -1.32. The summed E-state index contributed by atoms with van der Waals surface area (Å²) in [6.07, 6.45) is 3.40. The summed E-state index contributed by atoms with van der Waals surface area (Å²) in [4.78, 5) is 50.9. The number of carboxylic acids is 1. The molecule has 1 unspecified atom stereocenters. The molecule has 0 radical (unpaired) electrons. The summed E-state index contributed by atoms with van der Waals surface area (Å²) in [6, 6.07) is 6.02. The zero-order valence-corrected chi connectivity index (χ0v) is 18.0. The molecule has 2 aromatic heterocycles. The lowest BCUT2D eigenvalue weighted by molar-refractivity contribution is -0.128. The van der Waals surface area contributed by atoms with Gasteiger partial charge in [0.1, 0.15) is 17.0 Å². The van der Waals surface area contributed by atoms with Crippen molar-refractivity contribution >= 4 is 46.6 Å². The van der Waals surface area contributed by atoms with Crippen molar-refractivity contribution in [3.05, 3.63) is 53.0 Å². The molecule has 4 N–H and O–H groups in total. The number of fused-ring (bicyclic) bond motifs is 1. The van der Waals surface area contributed by atoms with Gasteiger partial charge in [-0.25, -0.2) is 9.48 Å². The average molecular weight is 451 g/mol. The Morgan fingerprint density at radius 1 is 1.15 bits per heavy atom. The lowest BCUT2D eigenvalue weighted by atomic mass is 10.1. The van der Waals surface area contributed by atoms with Gasteiger partial charge in [-0.05, 0) is 29.8 Å². The zero-order valence-electron chi connectivity index (χ0n) is 18.0. The van der Waals surface area contributed by atoms with Gasteiger partial charge in [-0.3, -0.25) is 19.4 Å². The van der Waals surface area contributed by atoms with Gasteiger partial charge in [0, 0.05) is 20.0 Å². The third kappa shape index (κ3) is 4.71. The van der Waals surface area contributed by atoms with Crippen LogP contribution in [0, 0.1) is 0 Å². The molecule has 0 aliphatic heterocycles. The lowest BCUT2D eigenvalue weighted by Crippen LogP contribution is -2.40. The Morgan fingerprint density at radius 3 is 2.39 bits per heavy atom. The smallest absolute Gasteiger partial charge is 0.339 e. The van der Waals surface area contributed by atoms with E-state index in [1.807, 2.05) is 0 Å². The number of carbonyl (C=O) groups excluding carboxylic acids is 3. The monoisotopic (exact) mass is 451 g/mol. The number of hydrogen-bond donors (Lipinski definition) is 3. The summed E-state index contributed by atoms with van der Waals surface area (Å²) >= 11 is 0. The number of hydrogen-bond acceptors (Lipinski definition) is 7. The number of pyridine rings is 1. The number of primary amides is 1. The number of nitrogens with two attached hydrogens (primary N) is 1. The minimum absolute atomic E-state index is 0.0296. The Balaban J connectivity index is 2.22. The van der Waals surface area contributed by atoms with Crippen LogP contribution >= 0.6 is 0 Å². The second-order valence-corrected chi connectivity index (χ2v) is 7.05. The van der Waals surface area contributed by atoms with E-state index in [9.17, 15) is 24.3 Å². The van der Waals surface area contributed by atoms with Crippen LogP contribution in [-0.2, 0) is 9.59 Å². The molecule has 33 heavy (non-hydrogen) atoms. The first kappa shape index (κ1) is 23.1. The molecular formula is C22H21N5O6. The van der Waals surface area contributed by atoms with Gasteiger partial charge in [-0.15, -0.1) is 0 Å². The number of ketones is 1. The average Bonchev–Trinajstić information content (AvgIpc) is 3.13. The molecular weight excluding hydrogens is 430 g/mol. The zero-order chi connectivity index (χ0) is 24.3. The fourth-order valence-electron chi connectivity index (χ4n) is 3.26. The van der Waals surface area contributed by atoms with Gasteiger partial charge in [-0.2, -0.15) is 5.10 Å². The first-order chi connectivity index (χ1) is 15.6. The van der Waals surface area contributed by atoms with Crippen molar-refractivity contribution in [2.24, 2.45) is 5.73 Å². The van der Waals surface area contributed by atoms with Crippen LogP contribution in [0.2, 0.25) is 0 Å². The quantitative estimate of drug-likeness (QED) is 0.434. The van der Waals surface area contributed by atoms with Crippen LogP contribution in [0.4, 0.5) is 0 Å². The molecule has 11 nitrogen and oxygen atoms in total. The number of ether oxygens (including phenoxy) is 1. The van der Waals surface area contributed by atoms with E-state index in [4.69, 9.17) is 10.5 Å². The topological polar surface area (TPSA) is 166 Å². The van der Waals surface area contributed by atoms with E-state index in [1.54, 1.807) is 24.3 Å². The van der Waals surface area contributed by atoms with Gasteiger partial charge >= 0.3 is 5.97 Å². The Kier molecular flexibility index (Phi) is 6.52. The number of carboxylic acid groups (broad SMARTS) is 1. The van der Waals surface area contributed by atoms with Crippen molar-refractivity contribution in [2.45, 2.75) is 20.0 Å². The van der Waals surface area contributed by atoms with Crippen molar-refractivity contribution in [1.29, 1.82) is 0 Å². The Labute approximate surface area is 187 Å². The number of benzene rings is 1. The first-order valence-electron chi connectivity index (χ1n) is 9.68. The van der Waals surface area contributed by atoms with Gasteiger partial charge in [0.15, 0.2) is 5.78 Å². The second kappa shape index (κ2) is 9.30. The molecule has 0 bridgehead atoms. The maximum atomic E-state index is 12.1. The molecule has 0 saturated carbocycles. The predicted molar refractivity (Wildman–Crippen MR) is 118 cm³/mol. The van der Waals surface area contributed by atoms with E-state index in [-0.39, 0.29) is 22.8 Å². The number of methoxy groups -OCH3 is 1. The predicted octanol–water partition coefficient (Wildman–Crippen LogP) is 1.63. The van der Waals surface area contributed by atoms with E-state index < -0.39 is 23.9 Å². The highest BCUT2D eigenvalue weighted by molar-refractivity contribution is 6.03. The van der Waals surface area contributed by atoms with Gasteiger partial charge in [0.2, 0.25) is 12.1 Å². The van der Waals surface area contributed by atoms with E-state index in [1.165, 1.54) is 44.0 Å². The Bertz CT molecular complexity index is 1290. The molecule has 2 heterocycles. The number of carbonyl (C=O) groups is 4. The number of Topliss-reactive ketones (excluding diaryl/α,β-unsaturated/α-hetero) is 1. The Morgan fingerprint density at radius 2 is 1.88 bits per heavy atom. The molecule has 3 rings (SSSR count). The van der Waals surface area contributed by atoms with Crippen LogP contribution in [0.15, 0.2) is 30.5 Å². The summed E-state index contributed by atoms with van der Waals surface area (Å²) in [5.41, 5.74) is 6.90. The number of nitrogens with zero attached hydrogens (tertiary/aromatic N) is 3. The van der Waals surface area contributed by atoms with Crippen LogP contribution in [-0.4, -0.2) is 50.5 Å². The molecule has 1 aromatic carbocycles. The number of amides is 2. The highest BCUT2D eigenvalue weighted by atomic mass is 16.5. The van der Waals surface area contributed by atoms with Gasteiger partial charge in [-0.1, -0.05) is 12.1 Å². The SMILES string of the molecule is COc1c(C(=O)O)ccc2c1c(C=Cc1ccc(C(C)=O)nc1)nn2C(NC(C)=O)C(N)=O. The van der Waals surface area contributed by atoms with Crippen molar-refractivity contribution in [3.8, 4) is 5.75 Å². The normalized spacial score (nSPS) is 12.0. The molecule has 3 aromatic rings. The molecule has 0 spiro atoms. The van der Waals surface area contributed by atoms with Crippen molar-refractivity contribution in [1.82, 2.24) is 20.1 Å². The van der Waals surface area contributed by atoms with Crippen LogP contribution in [0.25, 0.3) is 23.1 Å². The summed E-state index contributed by atoms with van der Waals surface area (Å²) in [5, 5.41) is 16.7. The molecule has 2 amide bonds. The van der Waals surface area contributed by atoms with E-state index in [2.05, 4.69) is 15.4 Å². The molecule has 0 saturated heterocycles. The van der Waals surface area contributed by atoms with Crippen LogP contribution in [0.5, 0.6) is 5.75 Å². The third-order valence-corrected chi connectivity index (χ3v) is 4.72. The first-order valence-corrected chi connectivity index (χ1v) is 9.68. The van der Waals surface area contributed by atoms with E-state index >= 15 is 0 Å². The number of aromatic nitrogens is 3. The summed E-state index contributed by atoms with van der Waals surface area (Å²) < 4.78 is 6.57. The van der Waals surface area contributed by atoms with Crippen LogP contribution in [0.1, 0.15) is 52.1 Å². The fraction of sp³-hybridized carbons (Fsp3) is 0.182. The molecule has 170 valence electrons. The van der Waals surface area contributed by atoms with E-state index in [0.717, 1.165) is 0 Å². The van der Waals surface area contributed by atoms with Crippen molar-refractivity contribution in [3.63, 3.8) is 0 Å².